The summed E-state index contributed by atoms with van der Waals surface area (Å²) in [4.78, 5) is 15.3. The van der Waals surface area contributed by atoms with E-state index in [-0.39, 0.29) is 11.4 Å². The minimum atomic E-state index is -0.0606. The fraction of sp³-hybridized carbons (Fsp3) is 0.667. The van der Waals surface area contributed by atoms with Gasteiger partial charge < -0.3 is 19.5 Å². The molecule has 27 heavy (non-hydrogen) atoms. The Morgan fingerprint density at radius 2 is 1.93 bits per heavy atom. The van der Waals surface area contributed by atoms with Crippen molar-refractivity contribution in [3.63, 3.8) is 0 Å². The Morgan fingerprint density at radius 3 is 2.59 bits per heavy atom. The number of nitrogens with one attached hydrogen (secondary N) is 1. The third-order valence-corrected chi connectivity index (χ3v) is 5.77. The van der Waals surface area contributed by atoms with Crippen LogP contribution in [0, 0.1) is 0 Å². The Morgan fingerprint density at radius 1 is 1.19 bits per heavy atom. The van der Waals surface area contributed by atoms with Gasteiger partial charge in [-0.1, -0.05) is 19.3 Å². The number of nitrogens with zero attached hydrogens (tertiary/aromatic N) is 1. The molecule has 6 heteroatoms. The number of methoxy groups -OCH3 is 1. The first-order valence-electron chi connectivity index (χ1n) is 10.1. The van der Waals surface area contributed by atoms with Crippen molar-refractivity contribution in [3.05, 3.63) is 23.8 Å². The van der Waals surface area contributed by atoms with E-state index in [9.17, 15) is 4.79 Å². The molecule has 1 saturated heterocycles. The third kappa shape index (κ3) is 4.74. The monoisotopic (exact) mass is 376 g/mol. The maximum atomic E-state index is 12.8. The van der Waals surface area contributed by atoms with Gasteiger partial charge in [-0.25, -0.2) is 0 Å². The second-order valence-corrected chi connectivity index (χ2v) is 7.37. The van der Waals surface area contributed by atoms with E-state index in [2.05, 4.69) is 10.2 Å². The third-order valence-electron chi connectivity index (χ3n) is 5.77. The molecule has 1 heterocycles. The van der Waals surface area contributed by atoms with E-state index < -0.39 is 0 Å². The molecule has 6 nitrogen and oxygen atoms in total. The first-order chi connectivity index (χ1) is 13.2. The van der Waals surface area contributed by atoms with Gasteiger partial charge in [-0.2, -0.15) is 0 Å². The van der Waals surface area contributed by atoms with Crippen LogP contribution in [0.25, 0.3) is 0 Å². The molecule has 0 atom stereocenters. The molecule has 0 radical (unpaired) electrons. The number of carbonyl (C=O) groups is 1. The van der Waals surface area contributed by atoms with Crippen LogP contribution in [-0.2, 0) is 4.74 Å². The number of rotatable bonds is 7. The highest BCUT2D eigenvalue weighted by Gasteiger charge is 2.38. The fourth-order valence-corrected chi connectivity index (χ4v) is 4.28. The summed E-state index contributed by atoms with van der Waals surface area (Å²) in [6.45, 7) is 6.64. The predicted octanol–water partition coefficient (Wildman–Crippen LogP) is 2.86. The van der Waals surface area contributed by atoms with Gasteiger partial charge in [-0.3, -0.25) is 9.69 Å². The van der Waals surface area contributed by atoms with Crippen molar-refractivity contribution in [2.75, 3.05) is 46.6 Å². The number of amides is 1. The normalized spacial score (nSPS) is 20.1. The number of ether oxygens (including phenoxy) is 3. The van der Waals surface area contributed by atoms with Crippen LogP contribution in [0.15, 0.2) is 18.2 Å². The SMILES string of the molecule is CCOc1ccc(C(=O)NCC2(N3CCOCC3)CCCCC2)cc1OC. The van der Waals surface area contributed by atoms with Gasteiger partial charge in [0.25, 0.3) is 5.91 Å². The quantitative estimate of drug-likeness (QED) is 0.793. The van der Waals surface area contributed by atoms with Crippen LogP contribution in [0.1, 0.15) is 49.4 Å². The van der Waals surface area contributed by atoms with Crippen molar-refractivity contribution in [1.82, 2.24) is 10.2 Å². The van der Waals surface area contributed by atoms with Gasteiger partial charge in [-0.15, -0.1) is 0 Å². The number of carbonyl (C=O) groups excluding carboxylic acids is 1. The van der Waals surface area contributed by atoms with Gasteiger partial charge in [0.1, 0.15) is 0 Å². The highest BCUT2D eigenvalue weighted by Crippen LogP contribution is 2.34. The van der Waals surface area contributed by atoms with E-state index >= 15 is 0 Å². The largest absolute Gasteiger partial charge is 0.493 e. The first kappa shape index (κ1) is 20.0. The zero-order valence-corrected chi connectivity index (χ0v) is 16.6. The molecule has 1 N–H and O–H groups in total. The molecule has 3 rings (SSSR count). The number of morpholine rings is 1. The Hall–Kier alpha value is -1.79. The molecular weight excluding hydrogens is 344 g/mol. The molecule has 150 valence electrons. The molecule has 1 amide bonds. The summed E-state index contributed by atoms with van der Waals surface area (Å²) < 4.78 is 16.4. The Kier molecular flexibility index (Phi) is 6.96. The van der Waals surface area contributed by atoms with Gasteiger partial charge in [0.2, 0.25) is 0 Å². The standard InChI is InChI=1S/C21H32N2O4/c1-3-27-18-8-7-17(15-19(18)25-2)20(24)22-16-21(9-5-4-6-10-21)23-11-13-26-14-12-23/h7-8,15H,3-6,9-14,16H2,1-2H3,(H,22,24). The summed E-state index contributed by atoms with van der Waals surface area (Å²) in [6, 6.07) is 5.35. The summed E-state index contributed by atoms with van der Waals surface area (Å²) in [6.07, 6.45) is 6.02. The molecular formula is C21H32N2O4. The van der Waals surface area contributed by atoms with E-state index in [0.717, 1.165) is 39.1 Å². The molecule has 2 fully saturated rings. The number of hydrogen-bond acceptors (Lipinski definition) is 5. The zero-order valence-electron chi connectivity index (χ0n) is 16.6. The number of benzene rings is 1. The van der Waals surface area contributed by atoms with Crippen LogP contribution < -0.4 is 14.8 Å². The minimum absolute atomic E-state index is 0.0606. The van der Waals surface area contributed by atoms with Gasteiger partial charge >= 0.3 is 0 Å². The summed E-state index contributed by atoms with van der Waals surface area (Å²) in [5.41, 5.74) is 0.663. The van der Waals surface area contributed by atoms with Crippen molar-refractivity contribution in [2.24, 2.45) is 0 Å². The highest BCUT2D eigenvalue weighted by molar-refractivity contribution is 5.94. The summed E-state index contributed by atoms with van der Waals surface area (Å²) in [5.74, 6) is 1.19. The number of hydrogen-bond donors (Lipinski definition) is 1. The molecule has 0 aromatic heterocycles. The van der Waals surface area contributed by atoms with Crippen molar-refractivity contribution >= 4 is 5.91 Å². The molecule has 1 aromatic carbocycles. The molecule has 0 spiro atoms. The van der Waals surface area contributed by atoms with E-state index in [1.54, 1.807) is 25.3 Å². The van der Waals surface area contributed by atoms with E-state index in [1.165, 1.54) is 19.3 Å². The van der Waals surface area contributed by atoms with Crippen molar-refractivity contribution in [2.45, 2.75) is 44.6 Å². The van der Waals surface area contributed by atoms with Gasteiger partial charge in [0.15, 0.2) is 11.5 Å². The molecule has 1 aromatic rings. The van der Waals surface area contributed by atoms with E-state index in [0.29, 0.717) is 30.2 Å². The van der Waals surface area contributed by atoms with Gasteiger partial charge in [-0.05, 0) is 38.0 Å². The predicted molar refractivity (Wildman–Crippen MR) is 105 cm³/mol. The summed E-state index contributed by atoms with van der Waals surface area (Å²) >= 11 is 0. The lowest BCUT2D eigenvalue weighted by Gasteiger charge is -2.48. The Bertz CT molecular complexity index is 623. The van der Waals surface area contributed by atoms with Crippen LogP contribution >= 0.6 is 0 Å². The Labute approximate surface area is 162 Å². The lowest BCUT2D eigenvalue weighted by molar-refractivity contribution is -0.0361. The Balaban J connectivity index is 1.68. The maximum Gasteiger partial charge on any atom is 0.251 e. The van der Waals surface area contributed by atoms with Crippen molar-refractivity contribution in [1.29, 1.82) is 0 Å². The second kappa shape index (κ2) is 9.42. The van der Waals surface area contributed by atoms with E-state index in [4.69, 9.17) is 14.2 Å². The molecule has 1 aliphatic heterocycles. The van der Waals surface area contributed by atoms with Crippen molar-refractivity contribution < 1.29 is 19.0 Å². The zero-order chi connectivity index (χ0) is 19.1. The second-order valence-electron chi connectivity index (χ2n) is 7.37. The van der Waals surface area contributed by atoms with Gasteiger partial charge in [0.05, 0.1) is 26.9 Å². The topological polar surface area (TPSA) is 60.0 Å². The first-order valence-corrected chi connectivity index (χ1v) is 10.1. The van der Waals surface area contributed by atoms with Crippen LogP contribution in [0.4, 0.5) is 0 Å². The molecule has 2 aliphatic rings. The molecule has 1 aliphatic carbocycles. The average molecular weight is 376 g/mol. The maximum absolute atomic E-state index is 12.8. The lowest BCUT2D eigenvalue weighted by atomic mass is 9.79. The lowest BCUT2D eigenvalue weighted by Crippen LogP contribution is -2.59. The fourth-order valence-electron chi connectivity index (χ4n) is 4.28. The smallest absolute Gasteiger partial charge is 0.251 e. The molecule has 1 saturated carbocycles. The minimum Gasteiger partial charge on any atom is -0.493 e. The summed E-state index contributed by atoms with van der Waals surface area (Å²) in [7, 11) is 1.59. The molecule has 0 bridgehead atoms. The van der Waals surface area contributed by atoms with Crippen LogP contribution in [-0.4, -0.2) is 62.9 Å². The van der Waals surface area contributed by atoms with Crippen LogP contribution in [0.5, 0.6) is 11.5 Å². The van der Waals surface area contributed by atoms with E-state index in [1.807, 2.05) is 6.92 Å². The highest BCUT2D eigenvalue weighted by atomic mass is 16.5. The average Bonchev–Trinajstić information content (AvgIpc) is 2.74. The van der Waals surface area contributed by atoms with Crippen molar-refractivity contribution in [3.8, 4) is 11.5 Å². The summed E-state index contributed by atoms with van der Waals surface area (Å²) in [5, 5.41) is 3.19. The van der Waals surface area contributed by atoms with Crippen LogP contribution in [0.3, 0.4) is 0 Å². The molecule has 0 unspecified atom stereocenters. The van der Waals surface area contributed by atoms with Gasteiger partial charge in [0, 0.05) is 30.7 Å². The van der Waals surface area contributed by atoms with Crippen LogP contribution in [0.2, 0.25) is 0 Å².